The van der Waals surface area contributed by atoms with Crippen LogP contribution in [-0.4, -0.2) is 38.0 Å². The fraction of sp³-hybridized carbons (Fsp3) is 0.818. The van der Waals surface area contributed by atoms with Crippen molar-refractivity contribution in [2.45, 2.75) is 32.2 Å². The first-order valence-corrected chi connectivity index (χ1v) is 5.85. The molecule has 1 aliphatic heterocycles. The second-order valence-electron chi connectivity index (χ2n) is 4.30. The first-order chi connectivity index (χ1) is 7.63. The quantitative estimate of drug-likeness (QED) is 0.613. The van der Waals surface area contributed by atoms with Crippen molar-refractivity contribution in [2.24, 2.45) is 5.92 Å². The Morgan fingerprint density at radius 2 is 2.12 bits per heavy atom. The van der Waals surface area contributed by atoms with Crippen LogP contribution < -0.4 is 16.0 Å². The van der Waals surface area contributed by atoms with Crippen LogP contribution in [-0.2, 0) is 9.59 Å². The Morgan fingerprint density at radius 1 is 1.38 bits per heavy atom. The van der Waals surface area contributed by atoms with Gasteiger partial charge in [0.15, 0.2) is 0 Å². The molecule has 5 heteroatoms. The minimum absolute atomic E-state index is 0.0457. The van der Waals surface area contributed by atoms with Crippen molar-refractivity contribution in [1.82, 2.24) is 16.0 Å². The third-order valence-corrected chi connectivity index (χ3v) is 2.96. The monoisotopic (exact) mass is 227 g/mol. The first kappa shape index (κ1) is 13.0. The van der Waals surface area contributed by atoms with E-state index >= 15 is 0 Å². The summed E-state index contributed by atoms with van der Waals surface area (Å²) < 4.78 is 0. The number of piperidine rings is 1. The van der Waals surface area contributed by atoms with Crippen molar-refractivity contribution in [3.63, 3.8) is 0 Å². The molecule has 1 heterocycles. The van der Waals surface area contributed by atoms with Gasteiger partial charge in [0.05, 0.1) is 5.92 Å². The fourth-order valence-corrected chi connectivity index (χ4v) is 1.79. The Kier molecular flexibility index (Phi) is 5.25. The third-order valence-electron chi connectivity index (χ3n) is 2.96. The Morgan fingerprint density at radius 3 is 2.69 bits per heavy atom. The minimum atomic E-state index is -0.0457. The molecule has 0 saturated carbocycles. The van der Waals surface area contributed by atoms with Crippen LogP contribution in [0.3, 0.4) is 0 Å². The molecular weight excluding hydrogens is 206 g/mol. The lowest BCUT2D eigenvalue weighted by Gasteiger charge is -2.26. The van der Waals surface area contributed by atoms with Crippen molar-refractivity contribution in [3.8, 4) is 0 Å². The molecule has 0 aliphatic carbocycles. The molecule has 1 aliphatic rings. The van der Waals surface area contributed by atoms with E-state index in [0.29, 0.717) is 19.0 Å². The van der Waals surface area contributed by atoms with Crippen LogP contribution >= 0.6 is 0 Å². The van der Waals surface area contributed by atoms with E-state index in [1.54, 1.807) is 7.05 Å². The summed E-state index contributed by atoms with van der Waals surface area (Å²) >= 11 is 0. The van der Waals surface area contributed by atoms with E-state index in [4.69, 9.17) is 0 Å². The molecule has 92 valence electrons. The highest BCUT2D eigenvalue weighted by Gasteiger charge is 2.23. The summed E-state index contributed by atoms with van der Waals surface area (Å²) in [7, 11) is 1.59. The van der Waals surface area contributed by atoms with Gasteiger partial charge in [-0.1, -0.05) is 0 Å². The smallest absolute Gasteiger partial charge is 0.224 e. The van der Waals surface area contributed by atoms with Crippen molar-refractivity contribution in [1.29, 1.82) is 0 Å². The summed E-state index contributed by atoms with van der Waals surface area (Å²) in [6.45, 7) is 3.29. The Balaban J connectivity index is 2.17. The van der Waals surface area contributed by atoms with Gasteiger partial charge in [0, 0.05) is 32.6 Å². The van der Waals surface area contributed by atoms with E-state index in [0.717, 1.165) is 19.4 Å². The molecule has 1 saturated heterocycles. The van der Waals surface area contributed by atoms with Crippen LogP contribution in [0.1, 0.15) is 26.2 Å². The van der Waals surface area contributed by atoms with E-state index in [9.17, 15) is 9.59 Å². The van der Waals surface area contributed by atoms with Gasteiger partial charge in [0.1, 0.15) is 0 Å². The summed E-state index contributed by atoms with van der Waals surface area (Å²) in [6, 6.07) is 0.509. The third kappa shape index (κ3) is 4.18. The largest absolute Gasteiger partial charge is 0.359 e. The topological polar surface area (TPSA) is 70.2 Å². The lowest BCUT2D eigenvalue weighted by Crippen LogP contribution is -2.44. The molecule has 0 bridgehead atoms. The molecule has 0 radical (unpaired) electrons. The van der Waals surface area contributed by atoms with E-state index in [-0.39, 0.29) is 17.7 Å². The minimum Gasteiger partial charge on any atom is -0.359 e. The van der Waals surface area contributed by atoms with E-state index < -0.39 is 0 Å². The number of hydrogen-bond donors (Lipinski definition) is 3. The van der Waals surface area contributed by atoms with Crippen LogP contribution in [0.5, 0.6) is 0 Å². The van der Waals surface area contributed by atoms with Crippen LogP contribution in [0.25, 0.3) is 0 Å². The van der Waals surface area contributed by atoms with Gasteiger partial charge in [-0.2, -0.15) is 0 Å². The summed E-state index contributed by atoms with van der Waals surface area (Å²) in [5.41, 5.74) is 0. The fourth-order valence-electron chi connectivity index (χ4n) is 1.79. The van der Waals surface area contributed by atoms with E-state index in [2.05, 4.69) is 22.9 Å². The van der Waals surface area contributed by atoms with Crippen LogP contribution in [0.4, 0.5) is 0 Å². The van der Waals surface area contributed by atoms with Gasteiger partial charge in [0.25, 0.3) is 0 Å². The van der Waals surface area contributed by atoms with Crippen molar-refractivity contribution in [3.05, 3.63) is 0 Å². The van der Waals surface area contributed by atoms with Gasteiger partial charge in [-0.25, -0.2) is 0 Å². The standard InChI is InChI=1S/C11H21N3O2/c1-8-3-4-9(7-14-8)11(16)13-6-5-10(15)12-2/h8-9,14H,3-7H2,1-2H3,(H,12,15)(H,13,16). The molecule has 0 spiro atoms. The second-order valence-corrected chi connectivity index (χ2v) is 4.30. The number of amides is 2. The number of hydrogen-bond acceptors (Lipinski definition) is 3. The lowest BCUT2D eigenvalue weighted by atomic mass is 9.95. The van der Waals surface area contributed by atoms with Crippen LogP contribution in [0.2, 0.25) is 0 Å². The van der Waals surface area contributed by atoms with Gasteiger partial charge in [0.2, 0.25) is 11.8 Å². The Bertz CT molecular complexity index is 248. The molecule has 2 amide bonds. The molecule has 2 atom stereocenters. The maximum Gasteiger partial charge on any atom is 0.224 e. The predicted octanol–water partition coefficient (Wildman–Crippen LogP) is -0.373. The summed E-state index contributed by atoms with van der Waals surface area (Å²) in [5.74, 6) is 0.0693. The number of rotatable bonds is 4. The molecule has 5 nitrogen and oxygen atoms in total. The number of carbonyl (C=O) groups is 2. The van der Waals surface area contributed by atoms with Gasteiger partial charge in [-0.3, -0.25) is 9.59 Å². The van der Waals surface area contributed by atoms with Gasteiger partial charge < -0.3 is 16.0 Å². The molecule has 0 aromatic heterocycles. The molecule has 1 fully saturated rings. The van der Waals surface area contributed by atoms with Gasteiger partial charge in [-0.15, -0.1) is 0 Å². The van der Waals surface area contributed by atoms with Gasteiger partial charge >= 0.3 is 0 Å². The molecule has 16 heavy (non-hydrogen) atoms. The van der Waals surface area contributed by atoms with Gasteiger partial charge in [-0.05, 0) is 19.8 Å². The maximum absolute atomic E-state index is 11.7. The Hall–Kier alpha value is -1.10. The lowest BCUT2D eigenvalue weighted by molar-refractivity contribution is -0.125. The molecular formula is C11H21N3O2. The normalized spacial score (nSPS) is 24.9. The summed E-state index contributed by atoms with van der Waals surface area (Å²) in [5, 5.41) is 8.60. The first-order valence-electron chi connectivity index (χ1n) is 5.85. The van der Waals surface area contributed by atoms with E-state index in [1.165, 1.54) is 0 Å². The summed E-state index contributed by atoms with van der Waals surface area (Å²) in [4.78, 5) is 22.6. The summed E-state index contributed by atoms with van der Waals surface area (Å²) in [6.07, 6.45) is 2.31. The van der Waals surface area contributed by atoms with Crippen molar-refractivity contribution in [2.75, 3.05) is 20.1 Å². The molecule has 3 N–H and O–H groups in total. The molecule has 0 aromatic rings. The average molecular weight is 227 g/mol. The average Bonchev–Trinajstić information content (AvgIpc) is 2.29. The molecule has 1 rings (SSSR count). The predicted molar refractivity (Wildman–Crippen MR) is 61.9 cm³/mol. The highest BCUT2D eigenvalue weighted by atomic mass is 16.2. The van der Waals surface area contributed by atoms with Crippen molar-refractivity contribution >= 4 is 11.8 Å². The highest BCUT2D eigenvalue weighted by molar-refractivity contribution is 5.80. The molecule has 2 unspecified atom stereocenters. The maximum atomic E-state index is 11.7. The number of carbonyl (C=O) groups excluding carboxylic acids is 2. The zero-order chi connectivity index (χ0) is 12.0. The molecule has 0 aromatic carbocycles. The van der Waals surface area contributed by atoms with E-state index in [1.807, 2.05) is 0 Å². The van der Waals surface area contributed by atoms with Crippen molar-refractivity contribution < 1.29 is 9.59 Å². The van der Waals surface area contributed by atoms with Crippen LogP contribution in [0.15, 0.2) is 0 Å². The second kappa shape index (κ2) is 6.48. The Labute approximate surface area is 96.4 Å². The zero-order valence-corrected chi connectivity index (χ0v) is 10.0. The zero-order valence-electron chi connectivity index (χ0n) is 10.0. The SMILES string of the molecule is CNC(=O)CCNC(=O)C1CCC(C)NC1. The number of nitrogens with one attached hydrogen (secondary N) is 3. The highest BCUT2D eigenvalue weighted by Crippen LogP contribution is 2.13. The van der Waals surface area contributed by atoms with Crippen LogP contribution in [0, 0.1) is 5.92 Å².